The van der Waals surface area contributed by atoms with Gasteiger partial charge in [0.05, 0.1) is 6.54 Å². The first kappa shape index (κ1) is 13.8. The molecule has 0 saturated carbocycles. The molecule has 0 spiro atoms. The second-order valence-electron chi connectivity index (χ2n) is 4.64. The molecule has 0 aromatic heterocycles. The van der Waals surface area contributed by atoms with Gasteiger partial charge in [0, 0.05) is 6.04 Å². The number of nitrogens with zero attached hydrogens (tertiary/aromatic N) is 1. The number of carbonyl (C=O) groups excluding carboxylic acids is 2. The van der Waals surface area contributed by atoms with Crippen molar-refractivity contribution >= 4 is 17.6 Å². The molecule has 96 valence electrons. The summed E-state index contributed by atoms with van der Waals surface area (Å²) in [6.45, 7) is 8.09. The number of nitrogens with one attached hydrogen (secondary N) is 2. The first-order valence-corrected chi connectivity index (χ1v) is 6.13. The van der Waals surface area contributed by atoms with Gasteiger partial charge >= 0.3 is 0 Å². The minimum Gasteiger partial charge on any atom is -0.312 e. The predicted molar refractivity (Wildman–Crippen MR) is 66.7 cm³/mol. The van der Waals surface area contributed by atoms with Gasteiger partial charge in [-0.1, -0.05) is 27.7 Å². The first-order chi connectivity index (χ1) is 7.96. The third kappa shape index (κ3) is 2.72. The van der Waals surface area contributed by atoms with E-state index in [-0.39, 0.29) is 17.9 Å². The molecule has 5 heteroatoms. The highest BCUT2D eigenvalue weighted by Gasteiger charge is 2.45. The van der Waals surface area contributed by atoms with Gasteiger partial charge < -0.3 is 10.6 Å². The van der Waals surface area contributed by atoms with Crippen LogP contribution < -0.4 is 10.6 Å². The van der Waals surface area contributed by atoms with Crippen molar-refractivity contribution in [2.24, 2.45) is 10.4 Å². The Kier molecular flexibility index (Phi) is 4.40. The molecule has 0 radical (unpaired) electrons. The standard InChI is InChI=1S/C12H21N3O2/c1-5-12(6-2)10(16)14-9(15-11(12)17)7-13-8(3)4/h8,13H,5-7H2,1-4H3,(H,14,15,16,17). The van der Waals surface area contributed by atoms with Crippen LogP contribution in [0.3, 0.4) is 0 Å². The number of amides is 2. The lowest BCUT2D eigenvalue weighted by atomic mass is 9.79. The normalized spacial score (nSPS) is 19.2. The third-order valence-electron chi connectivity index (χ3n) is 3.22. The van der Waals surface area contributed by atoms with Gasteiger partial charge in [-0.2, -0.15) is 4.99 Å². The topological polar surface area (TPSA) is 70.6 Å². The van der Waals surface area contributed by atoms with E-state index in [4.69, 9.17) is 0 Å². The summed E-state index contributed by atoms with van der Waals surface area (Å²) in [5, 5.41) is 5.84. The minimum atomic E-state index is -0.957. The Balaban J connectivity index is 2.84. The van der Waals surface area contributed by atoms with Crippen LogP contribution in [0.4, 0.5) is 0 Å². The maximum atomic E-state index is 12.0. The SMILES string of the molecule is CCC1(CC)C(=O)N=C(CNC(C)C)NC1=O. The number of amidine groups is 1. The van der Waals surface area contributed by atoms with Gasteiger partial charge in [0.1, 0.15) is 11.3 Å². The zero-order valence-corrected chi connectivity index (χ0v) is 11.0. The fourth-order valence-corrected chi connectivity index (χ4v) is 1.86. The summed E-state index contributed by atoms with van der Waals surface area (Å²) in [7, 11) is 0. The second kappa shape index (κ2) is 5.40. The van der Waals surface area contributed by atoms with Crippen molar-refractivity contribution in [3.63, 3.8) is 0 Å². The summed E-state index contributed by atoms with van der Waals surface area (Å²) in [5.74, 6) is -0.110. The highest BCUT2D eigenvalue weighted by atomic mass is 16.2. The predicted octanol–water partition coefficient (Wildman–Crippen LogP) is 0.846. The zero-order valence-electron chi connectivity index (χ0n) is 11.0. The number of carbonyl (C=O) groups is 2. The van der Waals surface area contributed by atoms with Crippen LogP contribution in [0.5, 0.6) is 0 Å². The summed E-state index contributed by atoms with van der Waals surface area (Å²) in [6.07, 6.45) is 0.977. The zero-order chi connectivity index (χ0) is 13.1. The molecule has 2 N–H and O–H groups in total. The molecular formula is C12H21N3O2. The van der Waals surface area contributed by atoms with Crippen LogP contribution in [0, 0.1) is 5.41 Å². The van der Waals surface area contributed by atoms with Crippen LogP contribution in [-0.4, -0.2) is 30.2 Å². The lowest BCUT2D eigenvalue weighted by molar-refractivity contribution is -0.142. The molecule has 1 aliphatic heterocycles. The van der Waals surface area contributed by atoms with Crippen LogP contribution in [0.25, 0.3) is 0 Å². The fraction of sp³-hybridized carbons (Fsp3) is 0.750. The second-order valence-corrected chi connectivity index (χ2v) is 4.64. The smallest absolute Gasteiger partial charge is 0.263 e. The van der Waals surface area contributed by atoms with Gasteiger partial charge in [0.25, 0.3) is 5.91 Å². The summed E-state index contributed by atoms with van der Waals surface area (Å²) >= 11 is 0. The molecule has 0 unspecified atom stereocenters. The monoisotopic (exact) mass is 239 g/mol. The van der Waals surface area contributed by atoms with E-state index < -0.39 is 5.41 Å². The van der Waals surface area contributed by atoms with Crippen molar-refractivity contribution in [2.45, 2.75) is 46.6 Å². The molecule has 1 aliphatic rings. The molecule has 0 aromatic carbocycles. The summed E-state index contributed by atoms with van der Waals surface area (Å²) < 4.78 is 0. The van der Waals surface area contributed by atoms with E-state index in [9.17, 15) is 9.59 Å². The molecule has 17 heavy (non-hydrogen) atoms. The lowest BCUT2D eigenvalue weighted by Crippen LogP contribution is -2.54. The van der Waals surface area contributed by atoms with Crippen LogP contribution in [0.15, 0.2) is 4.99 Å². The molecule has 0 aromatic rings. The molecule has 5 nitrogen and oxygen atoms in total. The molecule has 1 heterocycles. The minimum absolute atomic E-state index is 0.219. The maximum absolute atomic E-state index is 12.0. The van der Waals surface area contributed by atoms with Gasteiger partial charge in [-0.25, -0.2) is 0 Å². The quantitative estimate of drug-likeness (QED) is 0.699. The van der Waals surface area contributed by atoms with E-state index in [1.807, 2.05) is 27.7 Å². The van der Waals surface area contributed by atoms with Crippen LogP contribution >= 0.6 is 0 Å². The maximum Gasteiger partial charge on any atom is 0.263 e. The summed E-state index contributed by atoms with van der Waals surface area (Å²) in [5.41, 5.74) is -0.957. The molecule has 1 rings (SSSR count). The van der Waals surface area contributed by atoms with Crippen molar-refractivity contribution in [2.75, 3.05) is 6.54 Å². The van der Waals surface area contributed by atoms with Gasteiger partial charge in [-0.05, 0) is 12.8 Å². The van der Waals surface area contributed by atoms with Crippen molar-refractivity contribution < 1.29 is 9.59 Å². The Morgan fingerprint density at radius 3 is 2.29 bits per heavy atom. The Morgan fingerprint density at radius 2 is 1.88 bits per heavy atom. The fourth-order valence-electron chi connectivity index (χ4n) is 1.86. The average molecular weight is 239 g/mol. The number of rotatable bonds is 5. The van der Waals surface area contributed by atoms with Crippen molar-refractivity contribution in [3.05, 3.63) is 0 Å². The van der Waals surface area contributed by atoms with E-state index in [0.717, 1.165) is 0 Å². The van der Waals surface area contributed by atoms with E-state index >= 15 is 0 Å². The Morgan fingerprint density at radius 1 is 1.29 bits per heavy atom. The van der Waals surface area contributed by atoms with Gasteiger partial charge in [-0.3, -0.25) is 9.59 Å². The molecule has 0 aliphatic carbocycles. The Hall–Kier alpha value is -1.23. The van der Waals surface area contributed by atoms with E-state index in [1.54, 1.807) is 0 Å². The molecule has 0 atom stereocenters. The number of hydrogen-bond donors (Lipinski definition) is 2. The third-order valence-corrected chi connectivity index (χ3v) is 3.22. The van der Waals surface area contributed by atoms with E-state index in [1.165, 1.54) is 0 Å². The molecule has 2 amide bonds. The van der Waals surface area contributed by atoms with Crippen molar-refractivity contribution in [1.82, 2.24) is 10.6 Å². The average Bonchev–Trinajstić information content (AvgIpc) is 2.27. The van der Waals surface area contributed by atoms with Gasteiger partial charge in [0.2, 0.25) is 5.91 Å². The molecule has 0 bridgehead atoms. The van der Waals surface area contributed by atoms with E-state index in [2.05, 4.69) is 15.6 Å². The largest absolute Gasteiger partial charge is 0.312 e. The van der Waals surface area contributed by atoms with Crippen LogP contribution in [-0.2, 0) is 9.59 Å². The van der Waals surface area contributed by atoms with Crippen molar-refractivity contribution in [3.8, 4) is 0 Å². The van der Waals surface area contributed by atoms with E-state index in [0.29, 0.717) is 25.2 Å². The van der Waals surface area contributed by atoms with Crippen LogP contribution in [0.1, 0.15) is 40.5 Å². The van der Waals surface area contributed by atoms with Gasteiger partial charge in [-0.15, -0.1) is 0 Å². The molecule has 0 saturated heterocycles. The Bertz CT molecular complexity index is 344. The molecular weight excluding hydrogens is 218 g/mol. The van der Waals surface area contributed by atoms with Crippen molar-refractivity contribution in [1.29, 1.82) is 0 Å². The number of hydrogen-bond acceptors (Lipinski definition) is 3. The Labute approximate surface area is 102 Å². The summed E-state index contributed by atoms with van der Waals surface area (Å²) in [4.78, 5) is 28.0. The lowest BCUT2D eigenvalue weighted by Gasteiger charge is -2.30. The number of aliphatic imine (C=N–C) groups is 1. The van der Waals surface area contributed by atoms with Crippen LogP contribution in [0.2, 0.25) is 0 Å². The van der Waals surface area contributed by atoms with Gasteiger partial charge in [0.15, 0.2) is 0 Å². The highest BCUT2D eigenvalue weighted by Crippen LogP contribution is 2.30. The summed E-state index contributed by atoms with van der Waals surface area (Å²) in [6, 6.07) is 0.286. The molecule has 0 fully saturated rings. The highest BCUT2D eigenvalue weighted by molar-refractivity contribution is 6.19. The first-order valence-electron chi connectivity index (χ1n) is 6.13.